The van der Waals surface area contributed by atoms with Gasteiger partial charge < -0.3 is 15.2 Å². The molecule has 3 nitrogen and oxygen atoms in total. The zero-order valence-corrected chi connectivity index (χ0v) is 8.39. The first-order valence-corrected chi connectivity index (χ1v) is 4.53. The number of rotatable bonds is 7. The zero-order chi connectivity index (χ0) is 9.45. The highest BCUT2D eigenvalue weighted by Gasteiger charge is 2.19. The van der Waals surface area contributed by atoms with Crippen LogP contribution in [-0.4, -0.2) is 37.5 Å². The Bertz CT molecular complexity index is 109. The van der Waals surface area contributed by atoms with Crippen molar-refractivity contribution in [3.8, 4) is 0 Å². The Labute approximate surface area is 75.1 Å². The van der Waals surface area contributed by atoms with Gasteiger partial charge in [-0.1, -0.05) is 6.92 Å². The highest BCUT2D eigenvalue weighted by molar-refractivity contribution is 4.80. The molecule has 0 bridgehead atoms. The largest absolute Gasteiger partial charge is 0.396 e. The minimum atomic E-state index is 0.0628. The third-order valence-electron chi connectivity index (χ3n) is 2.30. The quantitative estimate of drug-likeness (QED) is 0.562. The molecule has 12 heavy (non-hydrogen) atoms. The molecular formula is C9H21NO2. The molecule has 1 unspecified atom stereocenters. The third kappa shape index (κ3) is 4.70. The Kier molecular flexibility index (Phi) is 6.34. The first kappa shape index (κ1) is 11.9. The first-order valence-electron chi connectivity index (χ1n) is 4.53. The van der Waals surface area contributed by atoms with Crippen molar-refractivity contribution < 1.29 is 9.84 Å². The molecule has 0 spiro atoms. The maximum absolute atomic E-state index is 8.82. The highest BCUT2D eigenvalue weighted by Crippen LogP contribution is 2.12. The van der Waals surface area contributed by atoms with Crippen molar-refractivity contribution in [1.82, 2.24) is 5.32 Å². The van der Waals surface area contributed by atoms with E-state index in [4.69, 9.17) is 9.84 Å². The van der Waals surface area contributed by atoms with Crippen molar-refractivity contribution >= 4 is 0 Å². The zero-order valence-electron chi connectivity index (χ0n) is 8.39. The second-order valence-corrected chi connectivity index (χ2v) is 3.31. The van der Waals surface area contributed by atoms with E-state index >= 15 is 0 Å². The predicted molar refractivity (Wildman–Crippen MR) is 50.3 cm³/mol. The maximum atomic E-state index is 8.82. The van der Waals surface area contributed by atoms with Crippen LogP contribution >= 0.6 is 0 Å². The van der Waals surface area contributed by atoms with Gasteiger partial charge in [-0.3, -0.25) is 0 Å². The summed E-state index contributed by atoms with van der Waals surface area (Å²) in [7, 11) is 1.69. The van der Waals surface area contributed by atoms with Crippen LogP contribution in [0.2, 0.25) is 0 Å². The van der Waals surface area contributed by atoms with Gasteiger partial charge in [0, 0.05) is 25.8 Å². The number of nitrogens with one attached hydrogen (secondary N) is 1. The number of methoxy groups -OCH3 is 1. The first-order chi connectivity index (χ1) is 5.68. The van der Waals surface area contributed by atoms with Crippen molar-refractivity contribution in [2.75, 3.05) is 26.9 Å². The molecule has 0 amide bonds. The monoisotopic (exact) mass is 175 g/mol. The van der Waals surface area contributed by atoms with Crippen LogP contribution in [0.4, 0.5) is 0 Å². The second kappa shape index (κ2) is 6.40. The van der Waals surface area contributed by atoms with Gasteiger partial charge in [-0.15, -0.1) is 0 Å². The number of aliphatic hydroxyl groups excluding tert-OH is 1. The normalized spacial score (nSPS) is 16.0. The van der Waals surface area contributed by atoms with Crippen LogP contribution < -0.4 is 5.32 Å². The molecule has 3 heteroatoms. The van der Waals surface area contributed by atoms with Gasteiger partial charge in [0.25, 0.3) is 0 Å². The average molecular weight is 175 g/mol. The molecule has 0 aromatic carbocycles. The van der Waals surface area contributed by atoms with E-state index in [0.717, 1.165) is 26.0 Å². The van der Waals surface area contributed by atoms with E-state index in [-0.39, 0.29) is 12.1 Å². The number of hydrogen-bond acceptors (Lipinski definition) is 3. The summed E-state index contributed by atoms with van der Waals surface area (Å²) in [6, 6.07) is 0. The molecule has 0 saturated heterocycles. The van der Waals surface area contributed by atoms with E-state index in [9.17, 15) is 0 Å². The molecule has 0 aliphatic heterocycles. The number of ether oxygens (including phenoxy) is 1. The Morgan fingerprint density at radius 3 is 2.58 bits per heavy atom. The van der Waals surface area contributed by atoms with Crippen molar-refractivity contribution in [1.29, 1.82) is 0 Å². The van der Waals surface area contributed by atoms with Gasteiger partial charge in [-0.25, -0.2) is 0 Å². The van der Waals surface area contributed by atoms with Gasteiger partial charge in [0.05, 0.1) is 6.61 Å². The Balaban J connectivity index is 3.63. The predicted octanol–water partition coefficient (Wildman–Crippen LogP) is 0.773. The van der Waals surface area contributed by atoms with Crippen LogP contribution in [0.15, 0.2) is 0 Å². The van der Waals surface area contributed by atoms with Crippen LogP contribution in [0, 0.1) is 0 Å². The van der Waals surface area contributed by atoms with E-state index in [1.165, 1.54) is 0 Å². The summed E-state index contributed by atoms with van der Waals surface area (Å²) < 4.78 is 4.93. The molecule has 74 valence electrons. The smallest absolute Gasteiger partial charge is 0.0587 e. The van der Waals surface area contributed by atoms with Gasteiger partial charge in [-0.05, 0) is 19.8 Å². The van der Waals surface area contributed by atoms with Crippen LogP contribution in [-0.2, 0) is 4.74 Å². The molecule has 0 heterocycles. The van der Waals surface area contributed by atoms with E-state index in [2.05, 4.69) is 19.2 Å². The SMILES string of the molecule is CCC(C)(CCO)NCCOC. The summed E-state index contributed by atoms with van der Waals surface area (Å²) in [6.07, 6.45) is 1.82. The van der Waals surface area contributed by atoms with Crippen LogP contribution in [0.25, 0.3) is 0 Å². The minimum Gasteiger partial charge on any atom is -0.396 e. The number of hydrogen-bond donors (Lipinski definition) is 2. The van der Waals surface area contributed by atoms with E-state index in [1.807, 2.05) is 0 Å². The van der Waals surface area contributed by atoms with E-state index < -0.39 is 0 Å². The molecule has 0 rings (SSSR count). The molecule has 0 aliphatic rings. The second-order valence-electron chi connectivity index (χ2n) is 3.31. The van der Waals surface area contributed by atoms with Crippen LogP contribution in [0.3, 0.4) is 0 Å². The molecule has 0 saturated carbocycles. The fraction of sp³-hybridized carbons (Fsp3) is 1.00. The lowest BCUT2D eigenvalue weighted by molar-refractivity contribution is 0.170. The lowest BCUT2D eigenvalue weighted by Gasteiger charge is -2.28. The Morgan fingerprint density at radius 1 is 1.50 bits per heavy atom. The molecule has 2 N–H and O–H groups in total. The summed E-state index contributed by atoms with van der Waals surface area (Å²) in [5.41, 5.74) is 0.0628. The average Bonchev–Trinajstić information content (AvgIpc) is 2.06. The fourth-order valence-electron chi connectivity index (χ4n) is 1.09. The molecule has 0 fully saturated rings. The van der Waals surface area contributed by atoms with Crippen molar-refractivity contribution in [2.24, 2.45) is 0 Å². The Morgan fingerprint density at radius 2 is 2.17 bits per heavy atom. The third-order valence-corrected chi connectivity index (χ3v) is 2.30. The van der Waals surface area contributed by atoms with Gasteiger partial charge >= 0.3 is 0 Å². The molecule has 0 radical (unpaired) electrons. The summed E-state index contributed by atoms with van der Waals surface area (Å²) in [4.78, 5) is 0. The lowest BCUT2D eigenvalue weighted by atomic mass is 9.95. The summed E-state index contributed by atoms with van der Waals surface area (Å²) >= 11 is 0. The van der Waals surface area contributed by atoms with Gasteiger partial charge in [-0.2, -0.15) is 0 Å². The molecule has 1 atom stereocenters. The van der Waals surface area contributed by atoms with E-state index in [0.29, 0.717) is 0 Å². The van der Waals surface area contributed by atoms with Crippen molar-refractivity contribution in [3.05, 3.63) is 0 Å². The van der Waals surface area contributed by atoms with Gasteiger partial charge in [0.15, 0.2) is 0 Å². The standard InChI is InChI=1S/C9H21NO2/c1-4-9(2,5-7-11)10-6-8-12-3/h10-11H,4-8H2,1-3H3. The van der Waals surface area contributed by atoms with Crippen LogP contribution in [0.5, 0.6) is 0 Å². The van der Waals surface area contributed by atoms with Crippen LogP contribution in [0.1, 0.15) is 26.7 Å². The molecule has 0 aromatic heterocycles. The molecule has 0 aliphatic carbocycles. The van der Waals surface area contributed by atoms with E-state index in [1.54, 1.807) is 7.11 Å². The van der Waals surface area contributed by atoms with Crippen molar-refractivity contribution in [3.63, 3.8) is 0 Å². The van der Waals surface area contributed by atoms with Crippen molar-refractivity contribution in [2.45, 2.75) is 32.2 Å². The molecular weight excluding hydrogens is 154 g/mol. The maximum Gasteiger partial charge on any atom is 0.0587 e. The summed E-state index contributed by atoms with van der Waals surface area (Å²) in [6.45, 7) is 6.06. The highest BCUT2D eigenvalue weighted by atomic mass is 16.5. The van der Waals surface area contributed by atoms with Gasteiger partial charge in [0.1, 0.15) is 0 Å². The minimum absolute atomic E-state index is 0.0628. The summed E-state index contributed by atoms with van der Waals surface area (Å²) in [5.74, 6) is 0. The molecule has 0 aromatic rings. The number of aliphatic hydroxyl groups is 1. The topological polar surface area (TPSA) is 41.5 Å². The summed E-state index contributed by atoms with van der Waals surface area (Å²) in [5, 5.41) is 12.2. The van der Waals surface area contributed by atoms with Gasteiger partial charge in [0.2, 0.25) is 0 Å². The fourth-order valence-corrected chi connectivity index (χ4v) is 1.09. The lowest BCUT2D eigenvalue weighted by Crippen LogP contribution is -2.44. The Hall–Kier alpha value is -0.120.